The van der Waals surface area contributed by atoms with Gasteiger partial charge in [0.15, 0.2) is 5.75 Å². The zero-order valence-corrected chi connectivity index (χ0v) is 11.9. The normalized spacial score (nSPS) is 10.2. The Bertz CT molecular complexity index is 656. The molecule has 0 aliphatic heterocycles. The number of hydrogen-bond acceptors (Lipinski definition) is 4. The first-order chi connectivity index (χ1) is 10.0. The zero-order valence-electron chi connectivity index (χ0n) is 11.9. The van der Waals surface area contributed by atoms with E-state index < -0.39 is 11.8 Å². The molecule has 0 bridgehead atoms. The first-order valence-electron chi connectivity index (χ1n) is 6.38. The van der Waals surface area contributed by atoms with Gasteiger partial charge in [-0.05, 0) is 12.5 Å². The van der Waals surface area contributed by atoms with Gasteiger partial charge in [0, 0.05) is 11.6 Å². The van der Waals surface area contributed by atoms with E-state index in [2.05, 4.69) is 0 Å². The smallest absolute Gasteiger partial charge is 0.342 e. The van der Waals surface area contributed by atoms with Crippen LogP contribution in [0.5, 0.6) is 5.75 Å². The van der Waals surface area contributed by atoms with E-state index in [0.29, 0.717) is 0 Å². The molecule has 0 atom stereocenters. The third-order valence-corrected chi connectivity index (χ3v) is 3.13. The number of halogens is 1. The molecule has 110 valence electrons. The summed E-state index contributed by atoms with van der Waals surface area (Å²) in [6.07, 6.45) is 0. The Kier molecular flexibility index (Phi) is 4.42. The molecule has 0 spiro atoms. The largest absolute Gasteiger partial charge is 0.494 e. The summed E-state index contributed by atoms with van der Waals surface area (Å²) in [6.45, 7) is 1.58. The topological polar surface area (TPSA) is 61.5 Å². The van der Waals surface area contributed by atoms with Crippen molar-refractivity contribution in [1.29, 1.82) is 0 Å². The minimum Gasteiger partial charge on any atom is -0.494 e. The van der Waals surface area contributed by atoms with Gasteiger partial charge in [-0.2, -0.15) is 0 Å². The molecular weight excluding hydrogens is 273 g/mol. The second-order valence-electron chi connectivity index (χ2n) is 4.54. The number of anilines is 1. The van der Waals surface area contributed by atoms with Crippen molar-refractivity contribution in [3.63, 3.8) is 0 Å². The van der Waals surface area contributed by atoms with Crippen molar-refractivity contribution in [1.82, 2.24) is 0 Å². The van der Waals surface area contributed by atoms with Crippen molar-refractivity contribution in [3.8, 4) is 5.75 Å². The van der Waals surface area contributed by atoms with Gasteiger partial charge in [-0.15, -0.1) is 0 Å². The summed E-state index contributed by atoms with van der Waals surface area (Å²) in [5.74, 6) is -1.11. The van der Waals surface area contributed by atoms with Crippen LogP contribution in [0.3, 0.4) is 0 Å². The summed E-state index contributed by atoms with van der Waals surface area (Å²) in [4.78, 5) is 12.2. The fourth-order valence-electron chi connectivity index (χ4n) is 2.01. The molecule has 0 aromatic heterocycles. The molecule has 2 N–H and O–H groups in total. The fraction of sp³-hybridized carbons (Fsp3) is 0.188. The maximum Gasteiger partial charge on any atom is 0.342 e. The van der Waals surface area contributed by atoms with E-state index in [1.807, 2.05) is 30.3 Å². The molecule has 0 heterocycles. The number of hydrogen-bond donors (Lipinski definition) is 1. The lowest BCUT2D eigenvalue weighted by atomic mass is 10.1. The summed E-state index contributed by atoms with van der Waals surface area (Å²) in [7, 11) is 1.37. The molecule has 0 radical (unpaired) electrons. The van der Waals surface area contributed by atoms with Gasteiger partial charge < -0.3 is 15.2 Å². The fourth-order valence-corrected chi connectivity index (χ4v) is 2.01. The third-order valence-electron chi connectivity index (χ3n) is 3.13. The van der Waals surface area contributed by atoms with Crippen LogP contribution in [0.2, 0.25) is 0 Å². The molecule has 21 heavy (non-hydrogen) atoms. The van der Waals surface area contributed by atoms with Crippen LogP contribution >= 0.6 is 0 Å². The summed E-state index contributed by atoms with van der Waals surface area (Å²) >= 11 is 0. The van der Waals surface area contributed by atoms with Crippen LogP contribution in [0, 0.1) is 12.7 Å². The van der Waals surface area contributed by atoms with Crippen molar-refractivity contribution < 1.29 is 18.7 Å². The van der Waals surface area contributed by atoms with Crippen LogP contribution in [0.4, 0.5) is 10.1 Å². The van der Waals surface area contributed by atoms with Crippen molar-refractivity contribution >= 4 is 11.7 Å². The van der Waals surface area contributed by atoms with Gasteiger partial charge in [0.1, 0.15) is 18.0 Å². The number of benzene rings is 2. The van der Waals surface area contributed by atoms with Crippen molar-refractivity contribution in [3.05, 3.63) is 58.9 Å². The minimum absolute atomic E-state index is 0.0194. The van der Waals surface area contributed by atoms with Crippen LogP contribution in [-0.4, -0.2) is 13.1 Å². The molecule has 0 amide bonds. The highest BCUT2D eigenvalue weighted by molar-refractivity contribution is 5.96. The van der Waals surface area contributed by atoms with E-state index in [9.17, 15) is 9.18 Å². The number of ether oxygens (including phenoxy) is 2. The quantitative estimate of drug-likeness (QED) is 0.694. The third kappa shape index (κ3) is 3.13. The Balaban J connectivity index is 2.27. The van der Waals surface area contributed by atoms with E-state index in [1.165, 1.54) is 14.0 Å². The van der Waals surface area contributed by atoms with E-state index in [1.54, 1.807) is 0 Å². The Morgan fingerprint density at radius 3 is 2.57 bits per heavy atom. The van der Waals surface area contributed by atoms with Gasteiger partial charge in [-0.3, -0.25) is 0 Å². The molecule has 5 heteroatoms. The first kappa shape index (κ1) is 14.8. The predicted molar refractivity (Wildman–Crippen MR) is 77.7 cm³/mol. The van der Waals surface area contributed by atoms with Crippen molar-refractivity contribution in [2.75, 3.05) is 12.8 Å². The maximum absolute atomic E-state index is 13.7. The second-order valence-corrected chi connectivity index (χ2v) is 4.54. The molecule has 0 saturated carbocycles. The summed E-state index contributed by atoms with van der Waals surface area (Å²) in [6, 6.07) is 10.3. The number of carbonyl (C=O) groups is 1. The molecule has 2 aromatic rings. The highest BCUT2D eigenvalue weighted by Gasteiger charge is 2.22. The van der Waals surface area contributed by atoms with Crippen LogP contribution < -0.4 is 10.5 Å². The summed E-state index contributed by atoms with van der Waals surface area (Å²) < 4.78 is 24.0. The Hall–Kier alpha value is -2.56. The summed E-state index contributed by atoms with van der Waals surface area (Å²) in [5.41, 5.74) is 6.75. The van der Waals surface area contributed by atoms with Crippen LogP contribution in [-0.2, 0) is 11.3 Å². The monoisotopic (exact) mass is 289 g/mol. The lowest BCUT2D eigenvalue weighted by Gasteiger charge is -2.14. The highest BCUT2D eigenvalue weighted by atomic mass is 19.1. The average molecular weight is 289 g/mol. The standard InChI is InChI=1S/C16H16FNO3/c1-10-12(17)8-13(18)15(20-2)14(10)16(19)21-9-11-6-4-3-5-7-11/h3-8H,9,18H2,1-2H3. The minimum atomic E-state index is -0.667. The number of methoxy groups -OCH3 is 1. The van der Waals surface area contributed by atoms with Crippen LogP contribution in [0.1, 0.15) is 21.5 Å². The molecule has 0 fully saturated rings. The second kappa shape index (κ2) is 6.26. The lowest BCUT2D eigenvalue weighted by molar-refractivity contribution is 0.0467. The molecule has 0 saturated heterocycles. The molecule has 4 nitrogen and oxygen atoms in total. The number of nitrogen functional groups attached to an aromatic ring is 1. The number of nitrogens with two attached hydrogens (primary N) is 1. The molecule has 0 aliphatic carbocycles. The Labute approximate surface area is 122 Å². The first-order valence-corrected chi connectivity index (χ1v) is 6.38. The van der Waals surface area contributed by atoms with Gasteiger partial charge in [0.05, 0.1) is 12.8 Å². The molecule has 2 rings (SSSR count). The Morgan fingerprint density at radius 1 is 1.29 bits per heavy atom. The number of carbonyl (C=O) groups excluding carboxylic acids is 1. The maximum atomic E-state index is 13.7. The molecule has 0 unspecified atom stereocenters. The lowest BCUT2D eigenvalue weighted by Crippen LogP contribution is -2.12. The van der Waals surface area contributed by atoms with Gasteiger partial charge >= 0.3 is 5.97 Å². The van der Waals surface area contributed by atoms with E-state index in [-0.39, 0.29) is 29.2 Å². The zero-order chi connectivity index (χ0) is 15.4. The average Bonchev–Trinajstić information content (AvgIpc) is 2.49. The van der Waals surface area contributed by atoms with Crippen molar-refractivity contribution in [2.45, 2.75) is 13.5 Å². The highest BCUT2D eigenvalue weighted by Crippen LogP contribution is 2.31. The molecule has 2 aromatic carbocycles. The van der Waals surface area contributed by atoms with Gasteiger partial charge in [0.25, 0.3) is 0 Å². The van der Waals surface area contributed by atoms with E-state index in [4.69, 9.17) is 15.2 Å². The predicted octanol–water partition coefficient (Wildman–Crippen LogP) is 3.08. The number of rotatable bonds is 4. The number of esters is 1. The van der Waals surface area contributed by atoms with E-state index >= 15 is 0 Å². The van der Waals surface area contributed by atoms with Gasteiger partial charge in [-0.25, -0.2) is 9.18 Å². The SMILES string of the molecule is COc1c(N)cc(F)c(C)c1C(=O)OCc1ccccc1. The Morgan fingerprint density at radius 2 is 1.95 bits per heavy atom. The van der Waals surface area contributed by atoms with Gasteiger partial charge in [-0.1, -0.05) is 30.3 Å². The molecule has 0 aliphatic rings. The van der Waals surface area contributed by atoms with Gasteiger partial charge in [0.2, 0.25) is 0 Å². The van der Waals surface area contributed by atoms with Crippen molar-refractivity contribution in [2.24, 2.45) is 0 Å². The van der Waals surface area contributed by atoms with Crippen LogP contribution in [0.15, 0.2) is 36.4 Å². The summed E-state index contributed by atoms with van der Waals surface area (Å²) in [5, 5.41) is 0. The van der Waals surface area contributed by atoms with E-state index in [0.717, 1.165) is 11.6 Å². The van der Waals surface area contributed by atoms with Crippen LogP contribution in [0.25, 0.3) is 0 Å². The molecular formula is C16H16FNO3.